The molecule has 0 bridgehead atoms. The molecule has 0 aliphatic carbocycles. The van der Waals surface area contributed by atoms with Crippen LogP contribution in [0.3, 0.4) is 0 Å². The normalized spacial score (nSPS) is 16.7. The van der Waals surface area contributed by atoms with Crippen molar-refractivity contribution in [3.05, 3.63) is 63.9 Å². The highest BCUT2D eigenvalue weighted by atomic mass is 35.5. The second-order valence-electron chi connectivity index (χ2n) is 8.74. The predicted molar refractivity (Wildman–Crippen MR) is 127 cm³/mol. The summed E-state index contributed by atoms with van der Waals surface area (Å²) in [5.74, 6) is 4.79. The molecule has 0 atom stereocenters. The zero-order chi connectivity index (χ0) is 22.1. The van der Waals surface area contributed by atoms with E-state index in [1.165, 1.54) is 6.07 Å². The molecule has 0 saturated carbocycles. The number of anilines is 1. The van der Waals surface area contributed by atoms with Gasteiger partial charge in [-0.3, -0.25) is 0 Å². The molecule has 0 aromatic heterocycles. The van der Waals surface area contributed by atoms with Gasteiger partial charge in [0.2, 0.25) is 0 Å². The van der Waals surface area contributed by atoms with E-state index < -0.39 is 28.3 Å². The van der Waals surface area contributed by atoms with Crippen LogP contribution in [-0.2, 0) is 4.74 Å². The van der Waals surface area contributed by atoms with Gasteiger partial charge in [0, 0.05) is 5.56 Å². The van der Waals surface area contributed by atoms with Crippen LogP contribution in [0.4, 0.5) is 10.1 Å². The highest BCUT2D eigenvalue weighted by Gasteiger charge is 2.49. The number of halogens is 2. The fraction of sp³-hybridized carbons (Fsp3) is 0.348. The molecule has 1 aliphatic heterocycles. The van der Waals surface area contributed by atoms with Crippen LogP contribution in [0.25, 0.3) is 0 Å². The number of benzene rings is 2. The van der Waals surface area contributed by atoms with E-state index >= 15 is 4.39 Å². The summed E-state index contributed by atoms with van der Waals surface area (Å²) >= 11 is 6.65. The van der Waals surface area contributed by atoms with Gasteiger partial charge in [-0.2, -0.15) is 0 Å². The van der Waals surface area contributed by atoms with Gasteiger partial charge in [0.05, 0.1) is 22.9 Å². The molecule has 0 N–H and O–H groups in total. The van der Waals surface area contributed by atoms with Gasteiger partial charge < -0.3 is 8.97 Å². The molecule has 0 spiro atoms. The summed E-state index contributed by atoms with van der Waals surface area (Å²) in [6, 6.07) is 13.0. The Labute approximate surface area is 185 Å². The molecular weight excluding hydrogens is 433 g/mol. The monoisotopic (exact) mass is 459 g/mol. The quantitative estimate of drug-likeness (QED) is 0.307. The van der Waals surface area contributed by atoms with Crippen molar-refractivity contribution in [2.45, 2.75) is 45.2 Å². The zero-order valence-corrected chi connectivity index (χ0v) is 20.9. The van der Waals surface area contributed by atoms with Crippen LogP contribution in [0.1, 0.15) is 28.4 Å². The van der Waals surface area contributed by atoms with Crippen LogP contribution in [0, 0.1) is 17.7 Å². The molecule has 2 aromatic carbocycles. The summed E-state index contributed by atoms with van der Waals surface area (Å²) in [5, 5.41) is 0.306. The standard InChI is InChI=1S/C23H27ClFNO2Si2/c1-6-28-23(27)21-18(13-12-17-10-8-7-9-11-17)22(19(24)16-20(21)25)26-29(2,3)14-15-30(26,4)5/h7-11,16H,6,14-15H2,1-5H3. The minimum absolute atomic E-state index is 0.124. The Bertz CT molecular complexity index is 1010. The van der Waals surface area contributed by atoms with Crippen LogP contribution < -0.4 is 4.23 Å². The predicted octanol–water partition coefficient (Wildman–Crippen LogP) is 6.29. The Morgan fingerprint density at radius 1 is 1.13 bits per heavy atom. The second-order valence-corrected chi connectivity index (χ2v) is 18.7. The average Bonchev–Trinajstić information content (AvgIpc) is 2.89. The highest BCUT2D eigenvalue weighted by molar-refractivity contribution is 7.04. The molecule has 1 aliphatic rings. The van der Waals surface area contributed by atoms with E-state index in [4.69, 9.17) is 16.3 Å². The number of hydrogen-bond donors (Lipinski definition) is 0. The third-order valence-electron chi connectivity index (χ3n) is 5.57. The number of ether oxygens (including phenoxy) is 1. The number of rotatable bonds is 3. The Hall–Kier alpha value is -2.08. The SMILES string of the molecule is CCOC(=O)c1c(F)cc(Cl)c(N2[Si](C)(C)CC[Si]2(C)C)c1C#Cc1ccccc1. The van der Waals surface area contributed by atoms with E-state index in [0.717, 1.165) is 17.7 Å². The lowest BCUT2D eigenvalue weighted by atomic mass is 10.0. The van der Waals surface area contributed by atoms with Crippen molar-refractivity contribution >= 4 is 39.7 Å². The van der Waals surface area contributed by atoms with Gasteiger partial charge in [-0.1, -0.05) is 67.8 Å². The largest absolute Gasteiger partial charge is 0.462 e. The molecule has 3 rings (SSSR count). The van der Waals surface area contributed by atoms with E-state index in [1.54, 1.807) is 6.92 Å². The van der Waals surface area contributed by atoms with Crippen LogP contribution >= 0.6 is 11.6 Å². The zero-order valence-electron chi connectivity index (χ0n) is 18.1. The van der Waals surface area contributed by atoms with Crippen LogP contribution in [0.5, 0.6) is 0 Å². The van der Waals surface area contributed by atoms with Crippen molar-refractivity contribution in [1.82, 2.24) is 0 Å². The first kappa shape index (κ1) is 22.6. The van der Waals surface area contributed by atoms with Gasteiger partial charge in [0.1, 0.15) is 27.9 Å². The fourth-order valence-electron chi connectivity index (χ4n) is 4.27. The van der Waals surface area contributed by atoms with Crippen molar-refractivity contribution in [3.63, 3.8) is 0 Å². The molecular formula is C23H27ClFNO2Si2. The average molecular weight is 460 g/mol. The molecule has 0 unspecified atom stereocenters. The van der Waals surface area contributed by atoms with Crippen molar-refractivity contribution in [1.29, 1.82) is 0 Å². The molecule has 3 nitrogen and oxygen atoms in total. The topological polar surface area (TPSA) is 29.5 Å². The molecule has 2 aromatic rings. The molecule has 1 fully saturated rings. The fourth-order valence-corrected chi connectivity index (χ4v) is 18.9. The van der Waals surface area contributed by atoms with E-state index in [0.29, 0.717) is 16.3 Å². The molecule has 7 heteroatoms. The first-order chi connectivity index (χ1) is 14.1. The molecule has 30 heavy (non-hydrogen) atoms. The van der Waals surface area contributed by atoms with E-state index in [9.17, 15) is 4.79 Å². The summed E-state index contributed by atoms with van der Waals surface area (Å²) in [4.78, 5) is 12.7. The Morgan fingerprint density at radius 2 is 1.73 bits per heavy atom. The lowest BCUT2D eigenvalue weighted by Crippen LogP contribution is -2.55. The lowest BCUT2D eigenvalue weighted by molar-refractivity contribution is 0.0521. The first-order valence-corrected chi connectivity index (χ1v) is 16.8. The van der Waals surface area contributed by atoms with Gasteiger partial charge in [-0.25, -0.2) is 9.18 Å². The van der Waals surface area contributed by atoms with Crippen molar-refractivity contribution in [2.24, 2.45) is 0 Å². The highest BCUT2D eigenvalue weighted by Crippen LogP contribution is 2.46. The molecule has 1 heterocycles. The van der Waals surface area contributed by atoms with Gasteiger partial charge in [0.25, 0.3) is 0 Å². The summed E-state index contributed by atoms with van der Waals surface area (Å²) in [6.07, 6.45) is 0. The second kappa shape index (κ2) is 8.58. The maximum Gasteiger partial charge on any atom is 0.342 e. The summed E-state index contributed by atoms with van der Waals surface area (Å²) in [5.41, 5.74) is 1.70. The van der Waals surface area contributed by atoms with Crippen LogP contribution in [0.2, 0.25) is 43.3 Å². The third kappa shape index (κ3) is 4.34. The molecule has 0 radical (unpaired) electrons. The Kier molecular flexibility index (Phi) is 6.46. The Balaban J connectivity index is 2.33. The van der Waals surface area contributed by atoms with Crippen molar-refractivity contribution in [3.8, 4) is 11.8 Å². The maximum absolute atomic E-state index is 15.0. The van der Waals surface area contributed by atoms with Gasteiger partial charge in [-0.05, 0) is 37.2 Å². The summed E-state index contributed by atoms with van der Waals surface area (Å²) < 4.78 is 22.6. The number of carbonyl (C=O) groups excluding carboxylic acids is 1. The van der Waals surface area contributed by atoms with Gasteiger partial charge in [0.15, 0.2) is 0 Å². The minimum atomic E-state index is -1.84. The molecule has 1 saturated heterocycles. The number of nitrogens with zero attached hydrogens (tertiary/aromatic N) is 1. The van der Waals surface area contributed by atoms with E-state index in [-0.39, 0.29) is 12.2 Å². The summed E-state index contributed by atoms with van der Waals surface area (Å²) in [7, 11) is -3.68. The van der Waals surface area contributed by atoms with Gasteiger partial charge in [-0.15, -0.1) is 0 Å². The first-order valence-electron chi connectivity index (χ1n) is 10.1. The Morgan fingerprint density at radius 3 is 2.30 bits per heavy atom. The van der Waals surface area contributed by atoms with Crippen LogP contribution in [0.15, 0.2) is 36.4 Å². The molecule has 0 amide bonds. The lowest BCUT2D eigenvalue weighted by Gasteiger charge is -2.42. The maximum atomic E-state index is 15.0. The van der Waals surface area contributed by atoms with E-state index in [2.05, 4.69) is 42.3 Å². The van der Waals surface area contributed by atoms with Crippen molar-refractivity contribution < 1.29 is 13.9 Å². The minimum Gasteiger partial charge on any atom is -0.462 e. The van der Waals surface area contributed by atoms with Crippen LogP contribution in [-0.4, -0.2) is 29.0 Å². The number of hydrogen-bond acceptors (Lipinski definition) is 3. The number of esters is 1. The third-order valence-corrected chi connectivity index (χ3v) is 15.8. The smallest absolute Gasteiger partial charge is 0.342 e. The molecule has 158 valence electrons. The summed E-state index contributed by atoms with van der Waals surface area (Å²) in [6.45, 7) is 11.1. The van der Waals surface area contributed by atoms with Gasteiger partial charge >= 0.3 is 5.97 Å². The number of carbonyl (C=O) groups is 1. The van der Waals surface area contributed by atoms with E-state index in [1.807, 2.05) is 30.3 Å². The van der Waals surface area contributed by atoms with Crippen molar-refractivity contribution in [2.75, 3.05) is 10.8 Å².